The Kier molecular flexibility index (Phi) is 5.52. The second-order valence-corrected chi connectivity index (χ2v) is 4.67. The van der Waals surface area contributed by atoms with Crippen LogP contribution < -0.4 is 5.32 Å². The fraction of sp³-hybridized carbons (Fsp3) is 0.176. The molecule has 2 N–H and O–H groups in total. The summed E-state index contributed by atoms with van der Waals surface area (Å²) >= 11 is 0. The molecule has 0 aliphatic heterocycles. The van der Waals surface area contributed by atoms with Crippen molar-refractivity contribution in [3.8, 4) is 6.07 Å². The number of nitriles is 1. The van der Waals surface area contributed by atoms with Crippen molar-refractivity contribution in [2.24, 2.45) is 0 Å². The Morgan fingerprint density at radius 3 is 2.59 bits per heavy atom. The van der Waals surface area contributed by atoms with E-state index < -0.39 is 5.91 Å². The number of benzene rings is 1. The molecule has 1 aromatic heterocycles. The first kappa shape index (κ1) is 15.5. The van der Waals surface area contributed by atoms with E-state index in [9.17, 15) is 4.79 Å². The zero-order valence-corrected chi connectivity index (χ0v) is 12.0. The number of aliphatic hydroxyl groups excluding tert-OH is 1. The van der Waals surface area contributed by atoms with Crippen LogP contribution >= 0.6 is 0 Å². The van der Waals surface area contributed by atoms with Crippen molar-refractivity contribution in [1.29, 1.82) is 5.26 Å². The van der Waals surface area contributed by atoms with Gasteiger partial charge >= 0.3 is 0 Å². The molecule has 0 saturated carbocycles. The zero-order valence-electron chi connectivity index (χ0n) is 12.0. The summed E-state index contributed by atoms with van der Waals surface area (Å²) in [4.78, 5) is 11.9. The maximum atomic E-state index is 11.9. The van der Waals surface area contributed by atoms with Crippen molar-refractivity contribution in [2.75, 3.05) is 6.54 Å². The van der Waals surface area contributed by atoms with E-state index in [0.717, 1.165) is 11.1 Å². The van der Waals surface area contributed by atoms with E-state index in [1.165, 1.54) is 12.3 Å². The third-order valence-corrected chi connectivity index (χ3v) is 3.10. The summed E-state index contributed by atoms with van der Waals surface area (Å²) in [5, 5.41) is 20.7. The summed E-state index contributed by atoms with van der Waals surface area (Å²) in [5.41, 5.74) is 1.90. The number of aliphatic hydroxyl groups is 1. The third-order valence-electron chi connectivity index (χ3n) is 3.10. The van der Waals surface area contributed by atoms with Crippen LogP contribution in [0.1, 0.15) is 16.9 Å². The summed E-state index contributed by atoms with van der Waals surface area (Å²) in [6, 6.07) is 12.7. The number of furan rings is 1. The number of carbonyl (C=O) groups is 1. The molecule has 1 heterocycles. The Labute approximate surface area is 128 Å². The van der Waals surface area contributed by atoms with E-state index in [4.69, 9.17) is 14.8 Å². The first-order valence-corrected chi connectivity index (χ1v) is 6.85. The number of nitrogens with one attached hydrogen (secondary N) is 1. The first-order valence-electron chi connectivity index (χ1n) is 6.85. The summed E-state index contributed by atoms with van der Waals surface area (Å²) in [7, 11) is 0. The van der Waals surface area contributed by atoms with Gasteiger partial charge in [0, 0.05) is 12.6 Å². The average molecular weight is 296 g/mol. The molecule has 0 radical (unpaired) electrons. The van der Waals surface area contributed by atoms with Gasteiger partial charge in [0.05, 0.1) is 12.9 Å². The number of nitrogens with zero attached hydrogens (tertiary/aromatic N) is 1. The Bertz CT molecular complexity index is 680. The van der Waals surface area contributed by atoms with Gasteiger partial charge in [-0.15, -0.1) is 0 Å². The molecule has 0 saturated heterocycles. The minimum atomic E-state index is -0.425. The summed E-state index contributed by atoms with van der Waals surface area (Å²) in [6.07, 6.45) is 3.54. The highest BCUT2D eigenvalue weighted by molar-refractivity contribution is 6.01. The van der Waals surface area contributed by atoms with Crippen LogP contribution in [-0.2, 0) is 17.8 Å². The van der Waals surface area contributed by atoms with Crippen LogP contribution in [0.3, 0.4) is 0 Å². The topological polar surface area (TPSA) is 86.3 Å². The van der Waals surface area contributed by atoms with E-state index in [1.54, 1.807) is 12.1 Å². The molecular weight excluding hydrogens is 280 g/mol. The molecule has 0 atom stereocenters. The van der Waals surface area contributed by atoms with E-state index in [1.807, 2.05) is 30.3 Å². The summed E-state index contributed by atoms with van der Waals surface area (Å²) in [5.74, 6) is 0.0390. The van der Waals surface area contributed by atoms with E-state index in [2.05, 4.69) is 5.32 Å². The first-order chi connectivity index (χ1) is 10.7. The van der Waals surface area contributed by atoms with Crippen molar-refractivity contribution >= 4 is 12.0 Å². The number of amides is 1. The van der Waals surface area contributed by atoms with Gasteiger partial charge in [-0.25, -0.2) is 0 Å². The van der Waals surface area contributed by atoms with Crippen LogP contribution in [0.4, 0.5) is 0 Å². The largest absolute Gasteiger partial charge is 0.465 e. The molecule has 22 heavy (non-hydrogen) atoms. The summed E-state index contributed by atoms with van der Waals surface area (Å²) < 4.78 is 5.08. The standard InChI is InChI=1S/C17H16N2O3/c18-11-15(10-16-2-1-9-22-16)17(21)19-8-7-13-3-5-14(12-20)6-4-13/h1-6,9-10,20H,7-8,12H2,(H,19,21)/b15-10+. The number of carbonyl (C=O) groups excluding carboxylic acids is 1. The Balaban J connectivity index is 1.87. The van der Waals surface area contributed by atoms with Crippen molar-refractivity contribution in [1.82, 2.24) is 5.32 Å². The lowest BCUT2D eigenvalue weighted by atomic mass is 10.1. The highest BCUT2D eigenvalue weighted by Crippen LogP contribution is 2.08. The van der Waals surface area contributed by atoms with Gasteiger partial charge in [-0.05, 0) is 29.7 Å². The Hall–Kier alpha value is -2.84. The minimum Gasteiger partial charge on any atom is -0.465 e. The van der Waals surface area contributed by atoms with Crippen molar-refractivity contribution < 1.29 is 14.3 Å². The smallest absolute Gasteiger partial charge is 0.262 e. The van der Waals surface area contributed by atoms with Crippen LogP contribution in [0.25, 0.3) is 6.08 Å². The predicted molar refractivity (Wildman–Crippen MR) is 81.4 cm³/mol. The van der Waals surface area contributed by atoms with E-state index in [-0.39, 0.29) is 12.2 Å². The molecule has 0 fully saturated rings. The highest BCUT2D eigenvalue weighted by Gasteiger charge is 2.09. The zero-order chi connectivity index (χ0) is 15.8. The molecule has 2 rings (SSSR count). The van der Waals surface area contributed by atoms with Crippen molar-refractivity contribution in [2.45, 2.75) is 13.0 Å². The van der Waals surface area contributed by atoms with Crippen LogP contribution in [-0.4, -0.2) is 17.6 Å². The highest BCUT2D eigenvalue weighted by atomic mass is 16.3. The average Bonchev–Trinajstić information content (AvgIpc) is 3.06. The maximum absolute atomic E-state index is 11.9. The number of hydrogen-bond acceptors (Lipinski definition) is 4. The third kappa shape index (κ3) is 4.33. The second-order valence-electron chi connectivity index (χ2n) is 4.67. The molecule has 2 aromatic rings. The van der Waals surface area contributed by atoms with E-state index >= 15 is 0 Å². The molecule has 5 heteroatoms. The monoisotopic (exact) mass is 296 g/mol. The van der Waals surface area contributed by atoms with Crippen molar-refractivity contribution in [3.63, 3.8) is 0 Å². The molecular formula is C17H16N2O3. The molecule has 0 spiro atoms. The summed E-state index contributed by atoms with van der Waals surface area (Å²) in [6.45, 7) is 0.439. The lowest BCUT2D eigenvalue weighted by Crippen LogP contribution is -2.26. The van der Waals surface area contributed by atoms with Gasteiger partial charge < -0.3 is 14.8 Å². The fourth-order valence-electron chi connectivity index (χ4n) is 1.89. The van der Waals surface area contributed by atoms with E-state index in [0.29, 0.717) is 18.7 Å². The quantitative estimate of drug-likeness (QED) is 0.631. The van der Waals surface area contributed by atoms with Gasteiger partial charge in [0.2, 0.25) is 0 Å². The fourth-order valence-corrected chi connectivity index (χ4v) is 1.89. The SMILES string of the molecule is N#C/C(=C\c1ccco1)C(=O)NCCc1ccc(CO)cc1. The lowest BCUT2D eigenvalue weighted by Gasteiger charge is -2.05. The Morgan fingerprint density at radius 1 is 1.27 bits per heavy atom. The second kappa shape index (κ2) is 7.81. The minimum absolute atomic E-state index is 0.00517. The van der Waals surface area contributed by atoms with Crippen LogP contribution in [0.2, 0.25) is 0 Å². The molecule has 5 nitrogen and oxygen atoms in total. The molecule has 112 valence electrons. The maximum Gasteiger partial charge on any atom is 0.262 e. The lowest BCUT2D eigenvalue weighted by molar-refractivity contribution is -0.117. The molecule has 0 unspecified atom stereocenters. The van der Waals surface area contributed by atoms with Gasteiger partial charge in [0.1, 0.15) is 17.4 Å². The van der Waals surface area contributed by atoms with Gasteiger partial charge in [-0.3, -0.25) is 4.79 Å². The van der Waals surface area contributed by atoms with Gasteiger partial charge in [-0.2, -0.15) is 5.26 Å². The van der Waals surface area contributed by atoms with Crippen LogP contribution in [0, 0.1) is 11.3 Å². The van der Waals surface area contributed by atoms with Crippen LogP contribution in [0.15, 0.2) is 52.7 Å². The molecule has 0 aliphatic carbocycles. The number of hydrogen-bond donors (Lipinski definition) is 2. The predicted octanol–water partition coefficient (Wildman–Crippen LogP) is 2.04. The molecule has 0 bridgehead atoms. The molecule has 0 aliphatic rings. The number of rotatable bonds is 6. The van der Waals surface area contributed by atoms with Crippen molar-refractivity contribution in [3.05, 3.63) is 65.1 Å². The normalized spacial score (nSPS) is 11.0. The van der Waals surface area contributed by atoms with Crippen LogP contribution in [0.5, 0.6) is 0 Å². The molecule has 1 aromatic carbocycles. The van der Waals surface area contributed by atoms with Gasteiger partial charge in [0.15, 0.2) is 0 Å². The molecule has 1 amide bonds. The van der Waals surface area contributed by atoms with Gasteiger partial charge in [0.25, 0.3) is 5.91 Å². The Morgan fingerprint density at radius 2 is 2.00 bits per heavy atom. The van der Waals surface area contributed by atoms with Gasteiger partial charge in [-0.1, -0.05) is 24.3 Å².